The topological polar surface area (TPSA) is 78.5 Å². The van der Waals surface area contributed by atoms with Crippen molar-refractivity contribution >= 4 is 23.5 Å². The van der Waals surface area contributed by atoms with E-state index in [4.69, 9.17) is 0 Å². The SMILES string of the molecule is CC(C)c1ccc(NC(=O)CN2C(=O)NC(Cc3ccccc3)C2=O)cc1. The van der Waals surface area contributed by atoms with Crippen molar-refractivity contribution in [2.75, 3.05) is 11.9 Å². The van der Waals surface area contributed by atoms with Crippen LogP contribution < -0.4 is 10.6 Å². The van der Waals surface area contributed by atoms with E-state index in [0.29, 0.717) is 18.0 Å². The molecule has 0 spiro atoms. The Morgan fingerprint density at radius 2 is 1.74 bits per heavy atom. The summed E-state index contributed by atoms with van der Waals surface area (Å²) in [6.45, 7) is 3.88. The van der Waals surface area contributed by atoms with Gasteiger partial charge in [0.2, 0.25) is 5.91 Å². The van der Waals surface area contributed by atoms with Crippen LogP contribution >= 0.6 is 0 Å². The molecule has 1 heterocycles. The molecule has 27 heavy (non-hydrogen) atoms. The van der Waals surface area contributed by atoms with Crippen molar-refractivity contribution < 1.29 is 14.4 Å². The average Bonchev–Trinajstić information content (AvgIpc) is 2.90. The van der Waals surface area contributed by atoms with Gasteiger partial charge in [-0.1, -0.05) is 56.3 Å². The molecule has 140 valence electrons. The fraction of sp³-hybridized carbons (Fsp3) is 0.286. The lowest BCUT2D eigenvalue weighted by atomic mass is 10.0. The molecule has 2 N–H and O–H groups in total. The molecule has 6 heteroatoms. The molecule has 0 radical (unpaired) electrons. The third-order valence-corrected chi connectivity index (χ3v) is 4.55. The smallest absolute Gasteiger partial charge is 0.325 e. The van der Waals surface area contributed by atoms with E-state index in [2.05, 4.69) is 24.5 Å². The number of hydrogen-bond donors (Lipinski definition) is 2. The Kier molecular flexibility index (Phi) is 5.54. The van der Waals surface area contributed by atoms with Crippen LogP contribution in [0.2, 0.25) is 0 Å². The van der Waals surface area contributed by atoms with E-state index in [0.717, 1.165) is 10.5 Å². The van der Waals surface area contributed by atoms with Crippen LogP contribution in [0, 0.1) is 0 Å². The number of carbonyl (C=O) groups excluding carboxylic acids is 3. The number of amides is 4. The Labute approximate surface area is 158 Å². The van der Waals surface area contributed by atoms with Gasteiger partial charge in [0, 0.05) is 12.1 Å². The van der Waals surface area contributed by atoms with Crippen LogP contribution in [-0.2, 0) is 16.0 Å². The second-order valence-electron chi connectivity index (χ2n) is 6.94. The molecule has 0 aliphatic carbocycles. The van der Waals surface area contributed by atoms with Crippen molar-refractivity contribution in [3.63, 3.8) is 0 Å². The maximum absolute atomic E-state index is 12.5. The number of nitrogens with zero attached hydrogens (tertiary/aromatic N) is 1. The van der Waals surface area contributed by atoms with E-state index < -0.39 is 18.0 Å². The van der Waals surface area contributed by atoms with Crippen molar-refractivity contribution in [2.24, 2.45) is 0 Å². The second kappa shape index (κ2) is 8.03. The molecule has 1 aliphatic rings. The maximum atomic E-state index is 12.5. The Hall–Kier alpha value is -3.15. The Bertz CT molecular complexity index is 832. The molecule has 0 bridgehead atoms. The third kappa shape index (κ3) is 4.53. The van der Waals surface area contributed by atoms with E-state index in [1.807, 2.05) is 54.6 Å². The predicted molar refractivity (Wildman–Crippen MR) is 103 cm³/mol. The number of urea groups is 1. The standard InChI is InChI=1S/C21H23N3O3/c1-14(2)16-8-10-17(11-9-16)22-19(25)13-24-20(26)18(23-21(24)27)12-15-6-4-3-5-7-15/h3-11,14,18H,12-13H2,1-2H3,(H,22,25)(H,23,27). The number of anilines is 1. The summed E-state index contributed by atoms with van der Waals surface area (Å²) in [6, 6.07) is 15.8. The predicted octanol–water partition coefficient (Wildman–Crippen LogP) is 2.91. The molecular formula is C21H23N3O3. The molecule has 3 rings (SSSR count). The van der Waals surface area contributed by atoms with Crippen molar-refractivity contribution in [1.82, 2.24) is 10.2 Å². The van der Waals surface area contributed by atoms with Gasteiger partial charge in [0.1, 0.15) is 12.6 Å². The Balaban J connectivity index is 1.58. The van der Waals surface area contributed by atoms with Gasteiger partial charge in [-0.2, -0.15) is 0 Å². The highest BCUT2D eigenvalue weighted by atomic mass is 16.2. The van der Waals surface area contributed by atoms with Gasteiger partial charge in [-0.15, -0.1) is 0 Å². The zero-order valence-electron chi connectivity index (χ0n) is 15.4. The number of carbonyl (C=O) groups is 3. The lowest BCUT2D eigenvalue weighted by Crippen LogP contribution is -2.38. The van der Waals surface area contributed by atoms with Crippen LogP contribution in [0.1, 0.15) is 30.9 Å². The van der Waals surface area contributed by atoms with E-state index in [1.54, 1.807) is 0 Å². The maximum Gasteiger partial charge on any atom is 0.325 e. The summed E-state index contributed by atoms with van der Waals surface area (Å²) in [5, 5.41) is 5.38. The first-order chi connectivity index (χ1) is 12.9. The van der Waals surface area contributed by atoms with Crippen LogP contribution in [0.4, 0.5) is 10.5 Å². The summed E-state index contributed by atoms with van der Waals surface area (Å²) in [7, 11) is 0. The summed E-state index contributed by atoms with van der Waals surface area (Å²) in [5.41, 5.74) is 2.76. The molecule has 1 saturated heterocycles. The minimum Gasteiger partial charge on any atom is -0.325 e. The minimum atomic E-state index is -0.641. The van der Waals surface area contributed by atoms with E-state index >= 15 is 0 Å². The van der Waals surface area contributed by atoms with E-state index in [-0.39, 0.29) is 12.5 Å². The van der Waals surface area contributed by atoms with Crippen LogP contribution in [0.15, 0.2) is 54.6 Å². The second-order valence-corrected chi connectivity index (χ2v) is 6.94. The highest BCUT2D eigenvalue weighted by molar-refractivity contribution is 6.08. The first-order valence-corrected chi connectivity index (χ1v) is 8.99. The molecule has 1 unspecified atom stereocenters. The molecule has 4 amide bonds. The number of benzene rings is 2. The largest absolute Gasteiger partial charge is 0.325 e. The zero-order chi connectivity index (χ0) is 19.4. The summed E-state index contributed by atoms with van der Waals surface area (Å²) in [5.74, 6) is -0.382. The lowest BCUT2D eigenvalue weighted by Gasteiger charge is -2.13. The number of nitrogens with one attached hydrogen (secondary N) is 2. The first kappa shape index (κ1) is 18.6. The van der Waals surface area contributed by atoms with Crippen molar-refractivity contribution in [2.45, 2.75) is 32.2 Å². The summed E-state index contributed by atoms with van der Waals surface area (Å²) < 4.78 is 0. The first-order valence-electron chi connectivity index (χ1n) is 8.99. The van der Waals surface area contributed by atoms with Gasteiger partial charge in [-0.3, -0.25) is 14.5 Å². The molecule has 1 fully saturated rings. The van der Waals surface area contributed by atoms with Crippen LogP contribution in [0.25, 0.3) is 0 Å². The van der Waals surface area contributed by atoms with Gasteiger partial charge in [-0.05, 0) is 29.2 Å². The van der Waals surface area contributed by atoms with Gasteiger partial charge in [-0.25, -0.2) is 4.79 Å². The molecule has 6 nitrogen and oxygen atoms in total. The zero-order valence-corrected chi connectivity index (χ0v) is 15.4. The monoisotopic (exact) mass is 365 g/mol. The summed E-state index contributed by atoms with van der Waals surface area (Å²) >= 11 is 0. The summed E-state index contributed by atoms with van der Waals surface area (Å²) in [6.07, 6.45) is 0.403. The fourth-order valence-corrected chi connectivity index (χ4v) is 3.01. The minimum absolute atomic E-state index is 0.304. The summed E-state index contributed by atoms with van der Waals surface area (Å²) in [4.78, 5) is 37.8. The highest BCUT2D eigenvalue weighted by Crippen LogP contribution is 2.17. The number of rotatable bonds is 6. The molecule has 0 aromatic heterocycles. The Morgan fingerprint density at radius 1 is 1.07 bits per heavy atom. The lowest BCUT2D eigenvalue weighted by molar-refractivity contribution is -0.130. The van der Waals surface area contributed by atoms with Crippen molar-refractivity contribution in [3.8, 4) is 0 Å². The number of hydrogen-bond acceptors (Lipinski definition) is 3. The quantitative estimate of drug-likeness (QED) is 0.773. The van der Waals surface area contributed by atoms with Crippen LogP contribution in [0.3, 0.4) is 0 Å². The van der Waals surface area contributed by atoms with Crippen molar-refractivity contribution in [3.05, 3.63) is 65.7 Å². The van der Waals surface area contributed by atoms with Gasteiger partial charge < -0.3 is 10.6 Å². The highest BCUT2D eigenvalue weighted by Gasteiger charge is 2.38. The molecule has 1 aliphatic heterocycles. The van der Waals surface area contributed by atoms with Gasteiger partial charge in [0.25, 0.3) is 5.91 Å². The fourth-order valence-electron chi connectivity index (χ4n) is 3.01. The molecule has 2 aromatic rings. The van der Waals surface area contributed by atoms with Crippen LogP contribution in [-0.4, -0.2) is 35.3 Å². The normalized spacial score (nSPS) is 16.6. The van der Waals surface area contributed by atoms with Gasteiger partial charge in [0.05, 0.1) is 0 Å². The van der Waals surface area contributed by atoms with Gasteiger partial charge in [0.15, 0.2) is 0 Å². The molecule has 0 saturated carbocycles. The van der Waals surface area contributed by atoms with E-state index in [9.17, 15) is 14.4 Å². The third-order valence-electron chi connectivity index (χ3n) is 4.55. The number of imide groups is 1. The van der Waals surface area contributed by atoms with Gasteiger partial charge >= 0.3 is 6.03 Å². The van der Waals surface area contributed by atoms with Crippen molar-refractivity contribution in [1.29, 1.82) is 0 Å². The van der Waals surface area contributed by atoms with E-state index in [1.165, 1.54) is 5.56 Å². The molecule has 2 aromatic carbocycles. The van der Waals surface area contributed by atoms with Crippen LogP contribution in [0.5, 0.6) is 0 Å². The Morgan fingerprint density at radius 3 is 2.37 bits per heavy atom. The molecule has 1 atom stereocenters. The average molecular weight is 365 g/mol. The molecular weight excluding hydrogens is 342 g/mol.